The highest BCUT2D eigenvalue weighted by Gasteiger charge is 2.96. The Morgan fingerprint density at radius 2 is 0.621 bits per heavy atom. The number of rotatable bonds is 0. The average Bonchev–Trinajstić information content (AvgIpc) is 2.42. The molecule has 0 radical (unpaired) electrons. The summed E-state index contributed by atoms with van der Waals surface area (Å²) >= 11 is 0. The average molecular weight is 496 g/mol. The maximum Gasteiger partial charge on any atom is 0.482 e. The van der Waals surface area contributed by atoms with E-state index in [9.17, 15) is 74.8 Å². The fourth-order valence-corrected chi connectivity index (χ4v) is 2.42. The van der Waals surface area contributed by atoms with Crippen LogP contribution in [0, 0.1) is 0 Å². The van der Waals surface area contributed by atoms with Gasteiger partial charge >= 0.3 is 55.6 Å². The first kappa shape index (κ1) is 26.0. The molecule has 0 spiro atoms. The van der Waals surface area contributed by atoms with Gasteiger partial charge in [0.2, 0.25) is 0 Å². The summed E-state index contributed by atoms with van der Waals surface area (Å²) < 4.78 is 224. The largest absolute Gasteiger partial charge is 0.482 e. The second-order valence-electron chi connectivity index (χ2n) is 5.13. The van der Waals surface area contributed by atoms with Crippen LogP contribution < -0.4 is 0 Å². The molecule has 1 aliphatic heterocycles. The predicted octanol–water partition coefficient (Wildman–Crippen LogP) is 5.13. The van der Waals surface area contributed by atoms with Crippen molar-refractivity contribution >= 4 is 7.82 Å². The molecular weight excluding hydrogens is 495 g/mol. The molecule has 4 nitrogen and oxygen atoms in total. The zero-order valence-corrected chi connectivity index (χ0v) is 13.1. The van der Waals surface area contributed by atoms with E-state index in [1.165, 1.54) is 0 Å². The lowest BCUT2D eigenvalue weighted by Gasteiger charge is -2.41. The molecule has 1 saturated heterocycles. The van der Waals surface area contributed by atoms with Crippen LogP contribution in [-0.2, 0) is 13.6 Å². The molecule has 0 aromatic heterocycles. The van der Waals surface area contributed by atoms with Gasteiger partial charge in [-0.2, -0.15) is 70.2 Å². The highest BCUT2D eigenvalue weighted by Crippen LogP contribution is 2.68. The van der Waals surface area contributed by atoms with Crippen molar-refractivity contribution in [1.29, 1.82) is 0 Å². The van der Waals surface area contributed by atoms with E-state index in [4.69, 9.17) is 4.89 Å². The summed E-state index contributed by atoms with van der Waals surface area (Å²) in [5.41, 5.74) is 0. The zero-order valence-electron chi connectivity index (χ0n) is 12.2. The molecule has 0 aromatic carbocycles. The smallest absolute Gasteiger partial charge is 0.302 e. The van der Waals surface area contributed by atoms with Crippen molar-refractivity contribution in [2.24, 2.45) is 0 Å². The minimum Gasteiger partial charge on any atom is -0.302 e. The quantitative estimate of drug-likeness (QED) is 0.374. The molecule has 0 amide bonds. The summed E-state index contributed by atoms with van der Waals surface area (Å²) in [6.07, 6.45) is -15.2. The number of hydrogen-bond acceptors (Lipinski definition) is 3. The first-order valence-electron chi connectivity index (χ1n) is 5.93. The van der Waals surface area contributed by atoms with Crippen LogP contribution in [-0.4, -0.2) is 52.6 Å². The molecule has 1 aliphatic rings. The van der Waals surface area contributed by atoms with Gasteiger partial charge in [-0.3, -0.25) is 0 Å². The third kappa shape index (κ3) is 3.08. The second-order valence-corrected chi connectivity index (χ2v) is 6.43. The Bertz CT molecular complexity index is 660. The normalized spacial score (nSPS) is 33.3. The van der Waals surface area contributed by atoms with Crippen molar-refractivity contribution < 1.29 is 88.8 Å². The Balaban J connectivity index is 4.09. The van der Waals surface area contributed by atoms with E-state index in [2.05, 4.69) is 0 Å². The van der Waals surface area contributed by atoms with Crippen molar-refractivity contribution in [2.75, 3.05) is 0 Å². The fraction of sp³-hybridized carbons (Fsp3) is 1.00. The van der Waals surface area contributed by atoms with Gasteiger partial charge in [0.05, 0.1) is 0 Å². The van der Waals surface area contributed by atoms with E-state index in [0.717, 1.165) is 0 Å². The third-order valence-electron chi connectivity index (χ3n) is 3.16. The summed E-state index contributed by atoms with van der Waals surface area (Å²) in [6.45, 7) is 0. The van der Waals surface area contributed by atoms with E-state index < -0.39 is 55.6 Å². The van der Waals surface area contributed by atoms with Crippen LogP contribution in [0.5, 0.6) is 0 Å². The number of halogens is 16. The van der Waals surface area contributed by atoms with E-state index in [1.807, 2.05) is 0 Å². The molecular formula is C8HF16O4P. The molecule has 174 valence electrons. The summed E-state index contributed by atoms with van der Waals surface area (Å²) in [5, 5.41) is 0. The molecule has 29 heavy (non-hydrogen) atoms. The molecule has 1 rings (SSSR count). The molecule has 1 N–H and O–H groups in total. The van der Waals surface area contributed by atoms with E-state index >= 15 is 0 Å². The summed E-state index contributed by atoms with van der Waals surface area (Å²) in [5.74, 6) is -50.5. The topological polar surface area (TPSA) is 55.8 Å². The minimum atomic E-state index is -8.62. The molecule has 0 aliphatic carbocycles. The Morgan fingerprint density at radius 3 is 0.828 bits per heavy atom. The fourth-order valence-electron chi connectivity index (χ4n) is 1.58. The van der Waals surface area contributed by atoms with Crippen LogP contribution in [0.15, 0.2) is 0 Å². The van der Waals surface area contributed by atoms with Gasteiger partial charge in [0, 0.05) is 0 Å². The second kappa shape index (κ2) is 6.03. The Morgan fingerprint density at radius 1 is 0.448 bits per heavy atom. The lowest BCUT2D eigenvalue weighted by atomic mass is 9.90. The number of phosphoric acid groups is 1. The van der Waals surface area contributed by atoms with Crippen LogP contribution in [0.4, 0.5) is 70.2 Å². The van der Waals surface area contributed by atoms with Crippen LogP contribution in [0.2, 0.25) is 0 Å². The van der Waals surface area contributed by atoms with Gasteiger partial charge in [-0.1, -0.05) is 0 Å². The lowest BCUT2D eigenvalue weighted by Crippen LogP contribution is -2.74. The number of phosphoric ester groups is 1. The van der Waals surface area contributed by atoms with Gasteiger partial charge in [-0.15, -0.1) is 0 Å². The van der Waals surface area contributed by atoms with Gasteiger partial charge in [-0.05, 0) is 0 Å². The molecule has 1 fully saturated rings. The van der Waals surface area contributed by atoms with Crippen molar-refractivity contribution in [1.82, 2.24) is 0 Å². The van der Waals surface area contributed by atoms with Crippen LogP contribution >= 0.6 is 7.82 Å². The summed E-state index contributed by atoms with van der Waals surface area (Å²) in [7, 11) is -7.94. The molecule has 0 saturated carbocycles. The molecule has 0 atom stereocenters. The number of alkyl halides is 16. The zero-order chi connectivity index (χ0) is 23.9. The highest BCUT2D eigenvalue weighted by molar-refractivity contribution is 7.47. The predicted molar refractivity (Wildman–Crippen MR) is 51.6 cm³/mol. The van der Waals surface area contributed by atoms with Crippen molar-refractivity contribution in [3.63, 3.8) is 0 Å². The Hall–Kier alpha value is -1.01. The van der Waals surface area contributed by atoms with Crippen LogP contribution in [0.25, 0.3) is 0 Å². The first-order chi connectivity index (χ1) is 12.2. The maximum absolute atomic E-state index is 13.2. The van der Waals surface area contributed by atoms with Gasteiger partial charge in [-0.25, -0.2) is 13.6 Å². The lowest BCUT2D eigenvalue weighted by molar-refractivity contribution is -0.469. The minimum absolute atomic E-state index is 1.76. The van der Waals surface area contributed by atoms with E-state index in [1.54, 1.807) is 9.05 Å². The molecule has 1 heterocycles. The Kier molecular flexibility index (Phi) is 5.41. The SMILES string of the molecule is O=P1(O)OC(F)(F)C(F)(F)C(F)(F)C(F)(F)C(F)(F)C(F)(F)C(F)(F)C(F)(F)O1. The van der Waals surface area contributed by atoms with Gasteiger partial charge in [0.25, 0.3) is 0 Å². The molecule has 21 heteroatoms. The summed E-state index contributed by atoms with van der Waals surface area (Å²) in [4.78, 5) is 8.34. The number of hydrogen-bond donors (Lipinski definition) is 1. The van der Waals surface area contributed by atoms with Crippen molar-refractivity contribution in [3.05, 3.63) is 0 Å². The third-order valence-corrected chi connectivity index (χ3v) is 4.08. The first-order valence-corrected chi connectivity index (χ1v) is 7.43. The molecule has 0 bridgehead atoms. The van der Waals surface area contributed by atoms with Crippen molar-refractivity contribution in [2.45, 2.75) is 47.8 Å². The molecule has 0 unspecified atom stereocenters. The van der Waals surface area contributed by atoms with Crippen LogP contribution in [0.3, 0.4) is 0 Å². The molecule has 0 aromatic rings. The standard InChI is InChI=1S/C8HF16O4P/c9-1(10)2(11,12)4(15,16)6(19,20)8(23,24)28-29(25,26)27-7(21,22)5(17,18)3(1,13)14/h(H,25,26). The monoisotopic (exact) mass is 496 g/mol. The summed E-state index contributed by atoms with van der Waals surface area (Å²) in [6, 6.07) is 0. The van der Waals surface area contributed by atoms with Gasteiger partial charge in [0.15, 0.2) is 0 Å². The van der Waals surface area contributed by atoms with Crippen LogP contribution in [0.1, 0.15) is 0 Å². The van der Waals surface area contributed by atoms with Gasteiger partial charge < -0.3 is 4.89 Å². The van der Waals surface area contributed by atoms with E-state index in [0.29, 0.717) is 0 Å². The Labute approximate surface area is 146 Å². The van der Waals surface area contributed by atoms with E-state index in [-0.39, 0.29) is 0 Å². The van der Waals surface area contributed by atoms with Crippen molar-refractivity contribution in [3.8, 4) is 0 Å². The van der Waals surface area contributed by atoms with Gasteiger partial charge in [0.1, 0.15) is 0 Å². The highest BCUT2D eigenvalue weighted by atomic mass is 31.2. The maximum atomic E-state index is 13.2.